The number of fused-ring (bicyclic) bond motifs is 3. The van der Waals surface area contributed by atoms with Crippen LogP contribution in [0.2, 0.25) is 0 Å². The van der Waals surface area contributed by atoms with Crippen LogP contribution in [0.1, 0.15) is 22.9 Å². The molecule has 1 aliphatic rings. The number of amides is 1. The van der Waals surface area contributed by atoms with Gasteiger partial charge in [-0.2, -0.15) is 0 Å². The van der Waals surface area contributed by atoms with Crippen LogP contribution in [-0.4, -0.2) is 36.1 Å². The van der Waals surface area contributed by atoms with Crippen LogP contribution in [0.4, 0.5) is 0 Å². The van der Waals surface area contributed by atoms with E-state index >= 15 is 0 Å². The Hall–Kier alpha value is -2.59. The molecular formula is C20H20N2O2. The van der Waals surface area contributed by atoms with E-state index in [4.69, 9.17) is 4.74 Å². The zero-order chi connectivity index (χ0) is 16.5. The normalized spacial score (nSPS) is 17.0. The first kappa shape index (κ1) is 15.0. The van der Waals surface area contributed by atoms with Crippen LogP contribution in [0.15, 0.2) is 54.6 Å². The van der Waals surface area contributed by atoms with Crippen molar-refractivity contribution in [1.29, 1.82) is 0 Å². The van der Waals surface area contributed by atoms with E-state index in [0.717, 1.165) is 23.2 Å². The first-order valence-electron chi connectivity index (χ1n) is 8.22. The van der Waals surface area contributed by atoms with Crippen LogP contribution in [0.5, 0.6) is 0 Å². The van der Waals surface area contributed by atoms with Crippen molar-refractivity contribution >= 4 is 16.8 Å². The van der Waals surface area contributed by atoms with Gasteiger partial charge in [0.05, 0.1) is 6.04 Å². The molecule has 1 atom stereocenters. The lowest BCUT2D eigenvalue weighted by Crippen LogP contribution is -2.42. The molecule has 0 radical (unpaired) electrons. The molecule has 122 valence electrons. The van der Waals surface area contributed by atoms with Gasteiger partial charge < -0.3 is 14.6 Å². The van der Waals surface area contributed by atoms with Gasteiger partial charge in [-0.25, -0.2) is 0 Å². The van der Waals surface area contributed by atoms with Crippen LogP contribution in [-0.2, 0) is 16.0 Å². The minimum absolute atomic E-state index is 0.0238. The Morgan fingerprint density at radius 2 is 1.92 bits per heavy atom. The van der Waals surface area contributed by atoms with Gasteiger partial charge in [0.15, 0.2) is 0 Å². The molecule has 0 spiro atoms. The third-order valence-corrected chi connectivity index (χ3v) is 4.74. The van der Waals surface area contributed by atoms with Crippen molar-refractivity contribution in [3.05, 3.63) is 71.4 Å². The van der Waals surface area contributed by atoms with Gasteiger partial charge in [-0.15, -0.1) is 0 Å². The summed E-state index contributed by atoms with van der Waals surface area (Å²) in [6.45, 7) is 0.815. The predicted octanol–water partition coefficient (Wildman–Crippen LogP) is 3.29. The molecule has 0 bridgehead atoms. The van der Waals surface area contributed by atoms with Crippen LogP contribution in [0.25, 0.3) is 10.9 Å². The zero-order valence-corrected chi connectivity index (χ0v) is 13.7. The number of H-pyrrole nitrogens is 1. The number of para-hydroxylation sites is 1. The third kappa shape index (κ3) is 2.39. The van der Waals surface area contributed by atoms with Crippen molar-refractivity contribution in [2.45, 2.75) is 12.5 Å². The number of carbonyl (C=O) groups is 1. The maximum atomic E-state index is 12.6. The number of aromatic nitrogens is 1. The van der Waals surface area contributed by atoms with E-state index in [1.54, 1.807) is 7.11 Å². The molecule has 1 amide bonds. The Balaban J connectivity index is 1.87. The molecule has 1 unspecified atom stereocenters. The molecule has 0 aliphatic carbocycles. The molecule has 2 aromatic carbocycles. The summed E-state index contributed by atoms with van der Waals surface area (Å²) in [5.41, 5.74) is 4.69. The number of hydrogen-bond acceptors (Lipinski definition) is 2. The second-order valence-corrected chi connectivity index (χ2v) is 6.15. The molecule has 0 fully saturated rings. The number of ether oxygens (including phenoxy) is 1. The Morgan fingerprint density at radius 3 is 2.71 bits per heavy atom. The molecule has 1 aliphatic heterocycles. The predicted molar refractivity (Wildman–Crippen MR) is 93.9 cm³/mol. The average molecular weight is 320 g/mol. The number of hydrogen-bond donors (Lipinski definition) is 1. The zero-order valence-electron chi connectivity index (χ0n) is 13.7. The highest BCUT2D eigenvalue weighted by Gasteiger charge is 2.34. The third-order valence-electron chi connectivity index (χ3n) is 4.74. The van der Waals surface area contributed by atoms with Gasteiger partial charge in [0.2, 0.25) is 5.91 Å². The summed E-state index contributed by atoms with van der Waals surface area (Å²) < 4.78 is 5.09. The molecular weight excluding hydrogens is 300 g/mol. The fourth-order valence-electron chi connectivity index (χ4n) is 3.70. The molecule has 4 nitrogen and oxygen atoms in total. The van der Waals surface area contributed by atoms with Gasteiger partial charge in [-0.1, -0.05) is 48.5 Å². The fourth-order valence-corrected chi connectivity index (χ4v) is 3.70. The Morgan fingerprint density at radius 1 is 1.17 bits per heavy atom. The first-order chi connectivity index (χ1) is 11.8. The summed E-state index contributed by atoms with van der Waals surface area (Å²) >= 11 is 0. The van der Waals surface area contributed by atoms with Crippen molar-refractivity contribution in [2.24, 2.45) is 0 Å². The lowest BCUT2D eigenvalue weighted by Gasteiger charge is -2.36. The lowest BCUT2D eigenvalue weighted by atomic mass is 9.92. The Bertz CT molecular complexity index is 870. The lowest BCUT2D eigenvalue weighted by molar-refractivity contribution is -0.137. The molecule has 4 heteroatoms. The summed E-state index contributed by atoms with van der Waals surface area (Å²) in [5.74, 6) is 0.0238. The quantitative estimate of drug-likeness (QED) is 0.805. The molecule has 2 heterocycles. The van der Waals surface area contributed by atoms with Crippen LogP contribution in [0, 0.1) is 0 Å². The highest BCUT2D eigenvalue weighted by atomic mass is 16.5. The maximum Gasteiger partial charge on any atom is 0.249 e. The van der Waals surface area contributed by atoms with Crippen molar-refractivity contribution < 1.29 is 9.53 Å². The largest absolute Gasteiger partial charge is 0.375 e. The smallest absolute Gasteiger partial charge is 0.249 e. The van der Waals surface area contributed by atoms with E-state index in [1.165, 1.54) is 10.9 Å². The highest BCUT2D eigenvalue weighted by molar-refractivity contribution is 5.86. The van der Waals surface area contributed by atoms with Crippen molar-refractivity contribution in [2.75, 3.05) is 20.3 Å². The average Bonchev–Trinajstić information content (AvgIpc) is 3.00. The summed E-state index contributed by atoms with van der Waals surface area (Å²) in [6.07, 6.45) is 0.859. The van der Waals surface area contributed by atoms with E-state index in [9.17, 15) is 4.79 Å². The second kappa shape index (κ2) is 6.13. The van der Waals surface area contributed by atoms with Crippen molar-refractivity contribution in [3.63, 3.8) is 0 Å². The van der Waals surface area contributed by atoms with E-state index in [2.05, 4.69) is 35.3 Å². The number of benzene rings is 2. The first-order valence-corrected chi connectivity index (χ1v) is 8.22. The van der Waals surface area contributed by atoms with Gasteiger partial charge in [-0.3, -0.25) is 4.79 Å². The number of nitrogens with one attached hydrogen (secondary N) is 1. The summed E-state index contributed by atoms with van der Waals surface area (Å²) in [7, 11) is 1.56. The summed E-state index contributed by atoms with van der Waals surface area (Å²) in [4.78, 5) is 18.1. The number of carbonyl (C=O) groups excluding carboxylic acids is 1. The second-order valence-electron chi connectivity index (χ2n) is 6.15. The van der Waals surface area contributed by atoms with Crippen LogP contribution in [0.3, 0.4) is 0 Å². The maximum absolute atomic E-state index is 12.6. The van der Waals surface area contributed by atoms with Crippen LogP contribution >= 0.6 is 0 Å². The van der Waals surface area contributed by atoms with Gasteiger partial charge in [0.25, 0.3) is 0 Å². The summed E-state index contributed by atoms with van der Waals surface area (Å²) in [6, 6.07) is 18.5. The number of nitrogens with zero attached hydrogens (tertiary/aromatic N) is 1. The molecule has 24 heavy (non-hydrogen) atoms. The van der Waals surface area contributed by atoms with Crippen LogP contribution < -0.4 is 0 Å². The van der Waals surface area contributed by atoms with Gasteiger partial charge in [0, 0.05) is 30.3 Å². The van der Waals surface area contributed by atoms with Gasteiger partial charge in [0.1, 0.15) is 6.61 Å². The van der Waals surface area contributed by atoms with Gasteiger partial charge >= 0.3 is 0 Å². The molecule has 0 saturated heterocycles. The SMILES string of the molecule is COCC(=O)N1CCc2c([nH]c3ccccc23)C1c1ccccc1. The minimum atomic E-state index is -0.0926. The van der Waals surface area contributed by atoms with Crippen molar-refractivity contribution in [1.82, 2.24) is 9.88 Å². The van der Waals surface area contributed by atoms with E-state index in [0.29, 0.717) is 6.54 Å². The fraction of sp³-hybridized carbons (Fsp3) is 0.250. The van der Waals surface area contributed by atoms with Crippen molar-refractivity contribution in [3.8, 4) is 0 Å². The number of aromatic amines is 1. The topological polar surface area (TPSA) is 45.3 Å². The highest BCUT2D eigenvalue weighted by Crippen LogP contribution is 2.38. The molecule has 4 rings (SSSR count). The van der Waals surface area contributed by atoms with E-state index in [1.807, 2.05) is 29.2 Å². The molecule has 1 aromatic heterocycles. The molecule has 0 saturated carbocycles. The number of methoxy groups -OCH3 is 1. The molecule has 1 N–H and O–H groups in total. The Kier molecular flexibility index (Phi) is 3.82. The Labute approximate surface area is 141 Å². The molecule has 3 aromatic rings. The standard InChI is InChI=1S/C20H20N2O2/c1-24-13-18(23)22-12-11-16-15-9-5-6-10-17(15)21-19(16)20(22)14-7-3-2-4-8-14/h2-10,20-21H,11-13H2,1H3. The van der Waals surface area contributed by atoms with Gasteiger partial charge in [-0.05, 0) is 23.6 Å². The van der Waals surface area contributed by atoms with E-state index in [-0.39, 0.29) is 18.6 Å². The summed E-state index contributed by atoms with van der Waals surface area (Å²) in [5, 5.41) is 1.26. The minimum Gasteiger partial charge on any atom is -0.375 e. The monoisotopic (exact) mass is 320 g/mol. The van der Waals surface area contributed by atoms with E-state index < -0.39 is 0 Å². The number of rotatable bonds is 3.